The third-order valence-electron chi connectivity index (χ3n) is 12.3. The Hall–Kier alpha value is -3.12. The van der Waals surface area contributed by atoms with Crippen LogP contribution in [0.25, 0.3) is 0 Å². The molecule has 0 saturated carbocycles. The Morgan fingerprint density at radius 2 is 0.800 bits per heavy atom. The van der Waals surface area contributed by atoms with Gasteiger partial charge in [-0.15, -0.1) is 0 Å². The molecular formula is C60H96. The molecule has 0 heterocycles. The second kappa shape index (κ2) is 33.5. The summed E-state index contributed by atoms with van der Waals surface area (Å²) < 4.78 is 0. The average Bonchev–Trinajstić information content (AvgIpc) is 3.18. The minimum Gasteiger partial charge on any atom is -0.0996 e. The highest BCUT2D eigenvalue weighted by molar-refractivity contribution is 5.18. The van der Waals surface area contributed by atoms with Crippen molar-refractivity contribution in [1.29, 1.82) is 0 Å². The molecule has 0 fully saturated rings. The van der Waals surface area contributed by atoms with E-state index in [1.165, 1.54) is 166 Å². The highest BCUT2D eigenvalue weighted by Gasteiger charge is 2.18. The number of rotatable bonds is 26. The fraction of sp³-hybridized carbons (Fsp3) is 0.600. The zero-order valence-corrected chi connectivity index (χ0v) is 41.9. The Labute approximate surface area is 375 Å². The standard InChI is InChI=1S/2C30H48/c1-24(2)13-8-15-26(5)17-10-19-28(7)30-22-12-21-29(23-30)20-11-18-27(6)16-9-14-25(3)4;1-24(2)12-8-14-26(5)16-10-18-28(7)30-22-20-29(21-23-30)19-11-17-27(6)15-9-13-25(3)4/h13-14,17-18,21,30H,7-12,15-16,19-20,22-23H2,1-6H3;12-13,16-17,20,30H,7-11,14-15,18-19,21-23H2,1-6H3/b26-17+,27-18+;26-16+,27-17+. The van der Waals surface area contributed by atoms with Gasteiger partial charge in [0.2, 0.25) is 0 Å². The van der Waals surface area contributed by atoms with Crippen molar-refractivity contribution in [3.05, 3.63) is 141 Å². The van der Waals surface area contributed by atoms with Gasteiger partial charge < -0.3 is 0 Å². The molecule has 2 rings (SSSR count). The van der Waals surface area contributed by atoms with Crippen molar-refractivity contribution in [3.8, 4) is 0 Å². The third-order valence-corrected chi connectivity index (χ3v) is 12.3. The van der Waals surface area contributed by atoms with Crippen molar-refractivity contribution in [2.75, 3.05) is 0 Å². The second-order valence-electron chi connectivity index (χ2n) is 19.6. The van der Waals surface area contributed by atoms with E-state index < -0.39 is 0 Å². The van der Waals surface area contributed by atoms with E-state index in [-0.39, 0.29) is 0 Å². The first-order valence-corrected chi connectivity index (χ1v) is 24.4. The van der Waals surface area contributed by atoms with Crippen LogP contribution in [0.15, 0.2) is 141 Å². The molecule has 0 N–H and O–H groups in total. The summed E-state index contributed by atoms with van der Waals surface area (Å²) in [6.45, 7) is 35.5. The number of allylic oxidation sites excluding steroid dienone is 22. The summed E-state index contributed by atoms with van der Waals surface area (Å²) in [5.41, 5.74) is 18.1. The van der Waals surface area contributed by atoms with Crippen LogP contribution in [0.5, 0.6) is 0 Å². The molecule has 0 bridgehead atoms. The molecule has 0 aliphatic heterocycles. The smallest absolute Gasteiger partial charge is 0.0166 e. The van der Waals surface area contributed by atoms with Gasteiger partial charge in [-0.1, -0.05) is 141 Å². The van der Waals surface area contributed by atoms with E-state index in [4.69, 9.17) is 0 Å². The number of hydrogen-bond acceptors (Lipinski definition) is 0. The SMILES string of the molecule is C=C(CC/C=C(\C)CCC=C(C)C)C1CC=C(CC/C=C(\C)CCC=C(C)C)CC1.C=C(CC/C=C(\C)CCC=C(C)C)C1CCC=C(CC/C=C(\C)CCC=C(C)C)C1. The summed E-state index contributed by atoms with van der Waals surface area (Å²) in [6, 6.07) is 0. The summed E-state index contributed by atoms with van der Waals surface area (Å²) >= 11 is 0. The lowest BCUT2D eigenvalue weighted by atomic mass is 9.81. The van der Waals surface area contributed by atoms with E-state index in [0.29, 0.717) is 11.8 Å². The van der Waals surface area contributed by atoms with Crippen LogP contribution >= 0.6 is 0 Å². The van der Waals surface area contributed by atoms with Crippen LogP contribution in [-0.2, 0) is 0 Å². The molecule has 0 spiro atoms. The molecule has 336 valence electrons. The van der Waals surface area contributed by atoms with E-state index in [1.807, 2.05) is 0 Å². The zero-order chi connectivity index (χ0) is 44.7. The van der Waals surface area contributed by atoms with Crippen LogP contribution in [0.1, 0.15) is 224 Å². The molecule has 2 unspecified atom stereocenters. The van der Waals surface area contributed by atoms with Crippen LogP contribution in [0.3, 0.4) is 0 Å². The molecule has 0 heteroatoms. The van der Waals surface area contributed by atoms with Crippen molar-refractivity contribution in [2.24, 2.45) is 11.8 Å². The molecule has 2 atom stereocenters. The Balaban J connectivity index is 0.000000600. The van der Waals surface area contributed by atoms with Gasteiger partial charge >= 0.3 is 0 Å². The Morgan fingerprint density at radius 1 is 0.433 bits per heavy atom. The van der Waals surface area contributed by atoms with Gasteiger partial charge in [-0.2, -0.15) is 0 Å². The lowest BCUT2D eigenvalue weighted by Crippen LogP contribution is -2.09. The second-order valence-corrected chi connectivity index (χ2v) is 19.6. The molecule has 0 nitrogen and oxygen atoms in total. The van der Waals surface area contributed by atoms with Gasteiger partial charge in [0.1, 0.15) is 0 Å². The maximum absolute atomic E-state index is 4.47. The van der Waals surface area contributed by atoms with Crippen LogP contribution in [0, 0.1) is 11.8 Å². The van der Waals surface area contributed by atoms with E-state index in [1.54, 1.807) is 16.7 Å². The average molecular weight is 817 g/mol. The molecule has 60 heavy (non-hydrogen) atoms. The molecule has 0 aromatic heterocycles. The normalized spacial score (nSPS) is 17.4. The molecule has 2 aliphatic carbocycles. The summed E-state index contributed by atoms with van der Waals surface area (Å²) in [5, 5.41) is 0. The zero-order valence-electron chi connectivity index (χ0n) is 41.9. The Morgan fingerprint density at radius 3 is 1.18 bits per heavy atom. The van der Waals surface area contributed by atoms with Crippen LogP contribution in [0.2, 0.25) is 0 Å². The van der Waals surface area contributed by atoms with Gasteiger partial charge in [-0.25, -0.2) is 0 Å². The lowest BCUT2D eigenvalue weighted by Gasteiger charge is -2.24. The van der Waals surface area contributed by atoms with E-state index in [0.717, 1.165) is 25.7 Å². The van der Waals surface area contributed by atoms with Gasteiger partial charge in [0.15, 0.2) is 0 Å². The summed E-state index contributed by atoms with van der Waals surface area (Å²) in [7, 11) is 0. The fourth-order valence-corrected chi connectivity index (χ4v) is 8.22. The Bertz CT molecular complexity index is 1570. The van der Waals surface area contributed by atoms with E-state index >= 15 is 0 Å². The van der Waals surface area contributed by atoms with Gasteiger partial charge in [0, 0.05) is 0 Å². The molecule has 2 aliphatic rings. The maximum Gasteiger partial charge on any atom is -0.0166 e. The molecule has 0 saturated heterocycles. The minimum absolute atomic E-state index is 0.701. The van der Waals surface area contributed by atoms with Crippen molar-refractivity contribution in [3.63, 3.8) is 0 Å². The van der Waals surface area contributed by atoms with Crippen LogP contribution in [-0.4, -0.2) is 0 Å². The highest BCUT2D eigenvalue weighted by atomic mass is 14.2. The monoisotopic (exact) mass is 817 g/mol. The van der Waals surface area contributed by atoms with Crippen molar-refractivity contribution in [1.82, 2.24) is 0 Å². The predicted molar refractivity (Wildman–Crippen MR) is 276 cm³/mol. The highest BCUT2D eigenvalue weighted by Crippen LogP contribution is 2.34. The quantitative estimate of drug-likeness (QED) is 0.0763. The molecule has 0 aromatic rings. The summed E-state index contributed by atoms with van der Waals surface area (Å²) in [6.07, 6.45) is 50.7. The molecule has 0 radical (unpaired) electrons. The van der Waals surface area contributed by atoms with Crippen LogP contribution < -0.4 is 0 Å². The largest absolute Gasteiger partial charge is 0.0996 e. The maximum atomic E-state index is 4.47. The van der Waals surface area contributed by atoms with Gasteiger partial charge in [-0.05, 0) is 236 Å². The van der Waals surface area contributed by atoms with E-state index in [2.05, 4.69) is 157 Å². The van der Waals surface area contributed by atoms with Gasteiger partial charge in [0.25, 0.3) is 0 Å². The molecule has 0 amide bonds. The summed E-state index contributed by atoms with van der Waals surface area (Å²) in [4.78, 5) is 0. The van der Waals surface area contributed by atoms with Gasteiger partial charge in [0.05, 0.1) is 0 Å². The molecule has 0 aromatic carbocycles. The van der Waals surface area contributed by atoms with Crippen LogP contribution in [0.4, 0.5) is 0 Å². The van der Waals surface area contributed by atoms with Gasteiger partial charge in [-0.3, -0.25) is 0 Å². The van der Waals surface area contributed by atoms with Crippen molar-refractivity contribution < 1.29 is 0 Å². The first kappa shape index (κ1) is 54.9. The first-order chi connectivity index (χ1) is 28.5. The topological polar surface area (TPSA) is 0 Å². The molecular weight excluding hydrogens is 721 g/mol. The third kappa shape index (κ3) is 30.0. The predicted octanol–water partition coefficient (Wildman–Crippen LogP) is 20.4. The van der Waals surface area contributed by atoms with E-state index in [9.17, 15) is 0 Å². The number of hydrogen-bond donors (Lipinski definition) is 0. The first-order valence-electron chi connectivity index (χ1n) is 24.4. The van der Waals surface area contributed by atoms with Crippen molar-refractivity contribution in [2.45, 2.75) is 224 Å². The fourth-order valence-electron chi connectivity index (χ4n) is 8.22. The lowest BCUT2D eigenvalue weighted by molar-refractivity contribution is 0.509. The Kier molecular flexibility index (Phi) is 30.7. The minimum atomic E-state index is 0.701. The summed E-state index contributed by atoms with van der Waals surface area (Å²) in [5.74, 6) is 1.40. The van der Waals surface area contributed by atoms with Crippen molar-refractivity contribution >= 4 is 0 Å².